The van der Waals surface area contributed by atoms with Gasteiger partial charge in [-0.05, 0) is 12.1 Å². The van der Waals surface area contributed by atoms with E-state index in [0.29, 0.717) is 6.54 Å². The van der Waals surface area contributed by atoms with E-state index in [4.69, 9.17) is 5.73 Å². The SMILES string of the molecule is CN(C)C(=O)NCCNS(=O)(=O)c1ccc(CN)s1. The highest BCUT2D eigenvalue weighted by molar-refractivity contribution is 7.91. The minimum Gasteiger partial charge on any atom is -0.337 e. The number of nitrogens with zero attached hydrogens (tertiary/aromatic N) is 1. The zero-order valence-corrected chi connectivity index (χ0v) is 12.5. The lowest BCUT2D eigenvalue weighted by molar-refractivity contribution is 0.217. The first kappa shape index (κ1) is 15.9. The van der Waals surface area contributed by atoms with E-state index >= 15 is 0 Å². The number of amides is 2. The summed E-state index contributed by atoms with van der Waals surface area (Å²) in [6.07, 6.45) is 0. The Morgan fingerprint density at radius 1 is 1.37 bits per heavy atom. The van der Waals surface area contributed by atoms with E-state index in [2.05, 4.69) is 10.0 Å². The molecule has 108 valence electrons. The van der Waals surface area contributed by atoms with Crippen LogP contribution in [0.2, 0.25) is 0 Å². The van der Waals surface area contributed by atoms with Gasteiger partial charge in [-0.2, -0.15) is 0 Å². The van der Waals surface area contributed by atoms with Crippen LogP contribution >= 0.6 is 11.3 Å². The van der Waals surface area contributed by atoms with Crippen molar-refractivity contribution >= 4 is 27.4 Å². The van der Waals surface area contributed by atoms with Crippen LogP contribution < -0.4 is 15.8 Å². The molecule has 0 saturated carbocycles. The summed E-state index contributed by atoms with van der Waals surface area (Å²) in [7, 11) is -0.298. The van der Waals surface area contributed by atoms with E-state index < -0.39 is 10.0 Å². The van der Waals surface area contributed by atoms with Gasteiger partial charge in [-0.15, -0.1) is 11.3 Å². The molecule has 9 heteroatoms. The van der Waals surface area contributed by atoms with Crippen LogP contribution in [0.5, 0.6) is 0 Å². The van der Waals surface area contributed by atoms with Gasteiger partial charge in [0.15, 0.2) is 0 Å². The molecule has 0 atom stereocenters. The van der Waals surface area contributed by atoms with E-state index in [9.17, 15) is 13.2 Å². The first-order chi connectivity index (χ1) is 8.86. The van der Waals surface area contributed by atoms with E-state index in [1.807, 2.05) is 0 Å². The molecule has 19 heavy (non-hydrogen) atoms. The molecule has 0 spiro atoms. The van der Waals surface area contributed by atoms with Gasteiger partial charge in [0.1, 0.15) is 4.21 Å². The maximum Gasteiger partial charge on any atom is 0.316 e. The number of thiophene rings is 1. The lowest BCUT2D eigenvalue weighted by atomic mass is 10.5. The van der Waals surface area contributed by atoms with Crippen LogP contribution in [0.25, 0.3) is 0 Å². The minimum absolute atomic E-state index is 0.137. The van der Waals surface area contributed by atoms with Gasteiger partial charge in [-0.3, -0.25) is 0 Å². The summed E-state index contributed by atoms with van der Waals surface area (Å²) in [5.74, 6) is 0. The summed E-state index contributed by atoms with van der Waals surface area (Å²) in [5, 5.41) is 2.57. The summed E-state index contributed by atoms with van der Waals surface area (Å²) in [4.78, 5) is 13.4. The largest absolute Gasteiger partial charge is 0.337 e. The van der Waals surface area contributed by atoms with Gasteiger partial charge in [0, 0.05) is 38.6 Å². The van der Waals surface area contributed by atoms with E-state index in [1.54, 1.807) is 20.2 Å². The Hall–Kier alpha value is -1.16. The summed E-state index contributed by atoms with van der Waals surface area (Å²) in [6, 6.07) is 2.95. The number of urea groups is 1. The van der Waals surface area contributed by atoms with Crippen molar-refractivity contribution in [3.05, 3.63) is 17.0 Å². The van der Waals surface area contributed by atoms with Gasteiger partial charge in [-0.25, -0.2) is 17.9 Å². The standard InChI is InChI=1S/C10H18N4O3S2/c1-14(2)10(15)12-5-6-13-19(16,17)9-4-3-8(7-11)18-9/h3-4,13H,5-7,11H2,1-2H3,(H,12,15). The molecule has 1 heterocycles. The van der Waals surface area contributed by atoms with Crippen molar-refractivity contribution in [1.82, 2.24) is 14.9 Å². The van der Waals surface area contributed by atoms with Crippen molar-refractivity contribution in [1.29, 1.82) is 0 Å². The molecular formula is C10H18N4O3S2. The molecule has 0 radical (unpaired) electrons. The Morgan fingerprint density at radius 2 is 2.05 bits per heavy atom. The predicted molar refractivity (Wildman–Crippen MR) is 74.5 cm³/mol. The second-order valence-electron chi connectivity index (χ2n) is 3.95. The number of hydrogen-bond donors (Lipinski definition) is 3. The normalized spacial score (nSPS) is 11.3. The third kappa shape index (κ3) is 4.78. The molecule has 0 fully saturated rings. The highest BCUT2D eigenvalue weighted by Gasteiger charge is 2.15. The lowest BCUT2D eigenvalue weighted by Gasteiger charge is -2.12. The third-order valence-corrected chi connectivity index (χ3v) is 5.26. The van der Waals surface area contributed by atoms with Crippen LogP contribution in [0.4, 0.5) is 4.79 Å². The number of carbonyl (C=O) groups excluding carboxylic acids is 1. The average Bonchev–Trinajstić information content (AvgIpc) is 2.83. The Labute approximate surface area is 116 Å². The monoisotopic (exact) mass is 306 g/mol. The smallest absolute Gasteiger partial charge is 0.316 e. The van der Waals surface area contributed by atoms with Crippen LogP contribution in [0, 0.1) is 0 Å². The molecule has 0 aliphatic rings. The van der Waals surface area contributed by atoms with Crippen LogP contribution in [0.15, 0.2) is 16.3 Å². The van der Waals surface area contributed by atoms with Crippen molar-refractivity contribution in [2.45, 2.75) is 10.8 Å². The van der Waals surface area contributed by atoms with Crippen molar-refractivity contribution in [3.8, 4) is 0 Å². The number of rotatable bonds is 6. The van der Waals surface area contributed by atoms with E-state index in [-0.39, 0.29) is 23.3 Å². The molecule has 1 aromatic heterocycles. The van der Waals surface area contributed by atoms with Crippen molar-refractivity contribution in [2.75, 3.05) is 27.2 Å². The molecule has 0 aliphatic heterocycles. The predicted octanol–water partition coefficient (Wildman–Crippen LogP) is -0.244. The third-order valence-electron chi connectivity index (χ3n) is 2.20. The molecule has 2 amide bonds. The summed E-state index contributed by atoms with van der Waals surface area (Å²) < 4.78 is 26.4. The second-order valence-corrected chi connectivity index (χ2v) is 7.11. The maximum absolute atomic E-state index is 11.9. The van der Waals surface area contributed by atoms with Gasteiger partial charge < -0.3 is 16.0 Å². The number of sulfonamides is 1. The van der Waals surface area contributed by atoms with Gasteiger partial charge >= 0.3 is 6.03 Å². The topological polar surface area (TPSA) is 105 Å². The molecule has 4 N–H and O–H groups in total. The Kier molecular flexibility index (Phi) is 5.73. The lowest BCUT2D eigenvalue weighted by Crippen LogP contribution is -2.39. The summed E-state index contributed by atoms with van der Waals surface area (Å²) >= 11 is 1.14. The van der Waals surface area contributed by atoms with Gasteiger partial charge in [0.2, 0.25) is 10.0 Å². The molecule has 1 rings (SSSR count). The minimum atomic E-state index is -3.52. The summed E-state index contributed by atoms with van der Waals surface area (Å²) in [6.45, 7) is 0.683. The van der Waals surface area contributed by atoms with Crippen LogP contribution in [0.3, 0.4) is 0 Å². The number of hydrogen-bond acceptors (Lipinski definition) is 5. The Balaban J connectivity index is 2.45. The quantitative estimate of drug-likeness (QED) is 0.631. The molecule has 0 aromatic carbocycles. The molecule has 0 saturated heterocycles. The molecule has 0 unspecified atom stereocenters. The molecule has 1 aromatic rings. The molecule has 0 aliphatic carbocycles. The molecule has 7 nitrogen and oxygen atoms in total. The highest BCUT2D eigenvalue weighted by Crippen LogP contribution is 2.20. The maximum atomic E-state index is 11.9. The summed E-state index contributed by atoms with van der Waals surface area (Å²) in [5.41, 5.74) is 5.43. The van der Waals surface area contributed by atoms with Crippen LogP contribution in [-0.2, 0) is 16.6 Å². The van der Waals surface area contributed by atoms with Crippen molar-refractivity contribution < 1.29 is 13.2 Å². The number of carbonyl (C=O) groups is 1. The first-order valence-electron chi connectivity index (χ1n) is 5.60. The average molecular weight is 306 g/mol. The molecule has 0 bridgehead atoms. The zero-order valence-electron chi connectivity index (χ0n) is 10.8. The zero-order chi connectivity index (χ0) is 14.5. The number of nitrogens with one attached hydrogen (secondary N) is 2. The first-order valence-corrected chi connectivity index (χ1v) is 7.90. The van der Waals surface area contributed by atoms with Crippen LogP contribution in [-0.4, -0.2) is 46.5 Å². The fourth-order valence-corrected chi connectivity index (χ4v) is 3.51. The fourth-order valence-electron chi connectivity index (χ4n) is 1.20. The number of nitrogens with two attached hydrogens (primary N) is 1. The van der Waals surface area contributed by atoms with Crippen LogP contribution in [0.1, 0.15) is 4.88 Å². The second kappa shape index (κ2) is 6.85. The van der Waals surface area contributed by atoms with Crippen molar-refractivity contribution in [2.24, 2.45) is 5.73 Å². The van der Waals surface area contributed by atoms with E-state index in [1.165, 1.54) is 11.0 Å². The Morgan fingerprint density at radius 3 is 2.58 bits per heavy atom. The van der Waals surface area contributed by atoms with Gasteiger partial charge in [0.05, 0.1) is 0 Å². The van der Waals surface area contributed by atoms with E-state index in [0.717, 1.165) is 16.2 Å². The Bertz CT molecular complexity index is 525. The molecular weight excluding hydrogens is 288 g/mol. The van der Waals surface area contributed by atoms with Crippen molar-refractivity contribution in [3.63, 3.8) is 0 Å². The fraction of sp³-hybridized carbons (Fsp3) is 0.500. The van der Waals surface area contributed by atoms with Gasteiger partial charge in [0.25, 0.3) is 0 Å². The van der Waals surface area contributed by atoms with Gasteiger partial charge in [-0.1, -0.05) is 0 Å². The highest BCUT2D eigenvalue weighted by atomic mass is 32.2.